The summed E-state index contributed by atoms with van der Waals surface area (Å²) in [5.74, 6) is 0.620. The number of pyridine rings is 1. The SMILES string of the molecule is CC(C)=NOc1cnc(C#N)c(ON=C(C)C)c1. The van der Waals surface area contributed by atoms with Crippen LogP contribution in [0.4, 0.5) is 0 Å². The smallest absolute Gasteiger partial charge is 0.198 e. The fourth-order valence-electron chi connectivity index (χ4n) is 0.915. The van der Waals surface area contributed by atoms with Gasteiger partial charge in [0.15, 0.2) is 17.2 Å². The number of hydrogen-bond donors (Lipinski definition) is 0. The fourth-order valence-corrected chi connectivity index (χ4v) is 0.915. The third-order valence-electron chi connectivity index (χ3n) is 1.59. The Morgan fingerprint density at radius 3 is 2.33 bits per heavy atom. The normalized spacial score (nSPS) is 9.06. The molecule has 0 aliphatic carbocycles. The molecule has 0 radical (unpaired) electrons. The van der Waals surface area contributed by atoms with Gasteiger partial charge in [0.05, 0.1) is 17.6 Å². The quantitative estimate of drug-likeness (QED) is 0.603. The van der Waals surface area contributed by atoms with Crippen molar-refractivity contribution in [3.63, 3.8) is 0 Å². The van der Waals surface area contributed by atoms with E-state index < -0.39 is 0 Å². The van der Waals surface area contributed by atoms with E-state index in [2.05, 4.69) is 15.3 Å². The van der Waals surface area contributed by atoms with Crippen molar-refractivity contribution in [3.05, 3.63) is 18.0 Å². The molecule has 0 aliphatic rings. The van der Waals surface area contributed by atoms with Gasteiger partial charge >= 0.3 is 0 Å². The molecule has 1 aromatic heterocycles. The zero-order valence-electron chi connectivity index (χ0n) is 10.8. The summed E-state index contributed by atoms with van der Waals surface area (Å²) in [6.07, 6.45) is 1.40. The largest absolute Gasteiger partial charge is 0.355 e. The number of oxime groups is 2. The molecule has 0 unspecified atom stereocenters. The van der Waals surface area contributed by atoms with E-state index in [9.17, 15) is 0 Å². The number of aromatic nitrogens is 1. The molecule has 1 heterocycles. The minimum absolute atomic E-state index is 0.143. The summed E-state index contributed by atoms with van der Waals surface area (Å²) in [5, 5.41) is 16.4. The highest BCUT2D eigenvalue weighted by Crippen LogP contribution is 2.22. The number of rotatable bonds is 4. The Kier molecular flexibility index (Phi) is 4.81. The summed E-state index contributed by atoms with van der Waals surface area (Å²) < 4.78 is 0. The van der Waals surface area contributed by atoms with Crippen molar-refractivity contribution in [1.82, 2.24) is 4.98 Å². The van der Waals surface area contributed by atoms with E-state index >= 15 is 0 Å². The van der Waals surface area contributed by atoms with Gasteiger partial charge < -0.3 is 9.68 Å². The highest BCUT2D eigenvalue weighted by Gasteiger charge is 2.08. The third kappa shape index (κ3) is 4.22. The topological polar surface area (TPSA) is 79.9 Å². The van der Waals surface area contributed by atoms with Gasteiger partial charge in [-0.05, 0) is 27.7 Å². The fraction of sp³-hybridized carbons (Fsp3) is 0.333. The second kappa shape index (κ2) is 6.35. The van der Waals surface area contributed by atoms with Crippen LogP contribution in [0.25, 0.3) is 0 Å². The van der Waals surface area contributed by atoms with Crippen LogP contribution >= 0.6 is 0 Å². The maximum absolute atomic E-state index is 8.88. The molecule has 0 aliphatic heterocycles. The predicted octanol–water partition coefficient (Wildman–Crippen LogP) is 2.50. The Balaban J connectivity index is 2.99. The molecule has 94 valence electrons. The van der Waals surface area contributed by atoms with Gasteiger partial charge in [0.2, 0.25) is 0 Å². The molecule has 0 bridgehead atoms. The van der Waals surface area contributed by atoms with Crippen LogP contribution in [0.15, 0.2) is 22.6 Å². The van der Waals surface area contributed by atoms with Crippen molar-refractivity contribution in [2.45, 2.75) is 27.7 Å². The molecule has 0 spiro atoms. The zero-order valence-corrected chi connectivity index (χ0v) is 10.8. The van der Waals surface area contributed by atoms with Crippen molar-refractivity contribution in [2.75, 3.05) is 0 Å². The molecular weight excluding hydrogens is 232 g/mol. The van der Waals surface area contributed by atoms with Crippen LogP contribution in [0.1, 0.15) is 33.4 Å². The van der Waals surface area contributed by atoms with Gasteiger partial charge in [0.1, 0.15) is 6.07 Å². The van der Waals surface area contributed by atoms with Gasteiger partial charge in [-0.2, -0.15) is 5.26 Å². The van der Waals surface area contributed by atoms with Gasteiger partial charge in [0.25, 0.3) is 0 Å². The van der Waals surface area contributed by atoms with Crippen LogP contribution in [0.2, 0.25) is 0 Å². The van der Waals surface area contributed by atoms with E-state index in [1.807, 2.05) is 6.07 Å². The molecule has 6 heteroatoms. The monoisotopic (exact) mass is 246 g/mol. The van der Waals surface area contributed by atoms with Crippen molar-refractivity contribution in [1.29, 1.82) is 5.26 Å². The molecule has 0 saturated heterocycles. The van der Waals surface area contributed by atoms with E-state index in [0.29, 0.717) is 5.75 Å². The highest BCUT2D eigenvalue weighted by molar-refractivity contribution is 5.78. The first-order chi connectivity index (χ1) is 8.52. The molecule has 6 nitrogen and oxygen atoms in total. The van der Waals surface area contributed by atoms with Crippen LogP contribution in [-0.4, -0.2) is 16.4 Å². The first-order valence-corrected chi connectivity index (χ1v) is 5.29. The number of nitriles is 1. The first-order valence-electron chi connectivity index (χ1n) is 5.29. The van der Waals surface area contributed by atoms with E-state index in [4.69, 9.17) is 14.9 Å². The molecule has 0 N–H and O–H groups in total. The average molecular weight is 246 g/mol. The summed E-state index contributed by atoms with van der Waals surface area (Å²) >= 11 is 0. The summed E-state index contributed by atoms with van der Waals surface area (Å²) in [6, 6.07) is 3.43. The lowest BCUT2D eigenvalue weighted by Gasteiger charge is -2.03. The minimum atomic E-state index is 0.143. The maximum atomic E-state index is 8.88. The van der Waals surface area contributed by atoms with Crippen LogP contribution in [0.3, 0.4) is 0 Å². The van der Waals surface area contributed by atoms with Crippen LogP contribution in [0, 0.1) is 11.3 Å². The van der Waals surface area contributed by atoms with E-state index in [1.165, 1.54) is 12.3 Å². The van der Waals surface area contributed by atoms with Crippen molar-refractivity contribution < 1.29 is 9.68 Å². The minimum Gasteiger partial charge on any atom is -0.355 e. The van der Waals surface area contributed by atoms with E-state index in [1.54, 1.807) is 27.7 Å². The van der Waals surface area contributed by atoms with Gasteiger partial charge in [-0.3, -0.25) is 0 Å². The van der Waals surface area contributed by atoms with E-state index in [-0.39, 0.29) is 11.4 Å². The van der Waals surface area contributed by atoms with Crippen molar-refractivity contribution in [3.8, 4) is 17.6 Å². The molecule has 0 aromatic carbocycles. The van der Waals surface area contributed by atoms with Crippen molar-refractivity contribution in [2.24, 2.45) is 10.3 Å². The van der Waals surface area contributed by atoms with Gasteiger partial charge in [0, 0.05) is 6.07 Å². The Morgan fingerprint density at radius 2 is 1.78 bits per heavy atom. The second-order valence-corrected chi connectivity index (χ2v) is 3.89. The Hall–Kier alpha value is -2.42. The van der Waals surface area contributed by atoms with Crippen LogP contribution < -0.4 is 9.68 Å². The predicted molar refractivity (Wildman–Crippen MR) is 67.8 cm³/mol. The molecule has 0 fully saturated rings. The lowest BCUT2D eigenvalue weighted by atomic mass is 10.3. The Bertz CT molecular complexity index is 521. The average Bonchev–Trinajstić information content (AvgIpc) is 2.33. The summed E-state index contributed by atoms with van der Waals surface area (Å²) in [5.41, 5.74) is 1.64. The molecule has 1 rings (SSSR count). The number of nitrogens with zero attached hydrogens (tertiary/aromatic N) is 4. The highest BCUT2D eigenvalue weighted by atomic mass is 16.6. The van der Waals surface area contributed by atoms with E-state index in [0.717, 1.165) is 11.4 Å². The zero-order chi connectivity index (χ0) is 13.5. The Morgan fingerprint density at radius 1 is 1.17 bits per heavy atom. The first kappa shape index (κ1) is 13.6. The summed E-state index contributed by atoms with van der Waals surface area (Å²) in [4.78, 5) is 14.1. The van der Waals surface area contributed by atoms with Crippen molar-refractivity contribution >= 4 is 11.4 Å². The summed E-state index contributed by atoms with van der Waals surface area (Å²) in [7, 11) is 0. The number of hydrogen-bond acceptors (Lipinski definition) is 6. The second-order valence-electron chi connectivity index (χ2n) is 3.89. The van der Waals surface area contributed by atoms with Gasteiger partial charge in [-0.1, -0.05) is 10.3 Å². The molecular formula is C12H14N4O2. The maximum Gasteiger partial charge on any atom is 0.198 e. The molecule has 0 amide bonds. The molecule has 0 atom stereocenters. The lowest BCUT2D eigenvalue weighted by Crippen LogP contribution is -1.96. The Labute approximate surface area is 106 Å². The third-order valence-corrected chi connectivity index (χ3v) is 1.59. The lowest BCUT2D eigenvalue weighted by molar-refractivity contribution is 0.319. The molecule has 1 aromatic rings. The standard InChI is InChI=1S/C12H14N4O2/c1-8(2)15-17-10-5-12(18-16-9(3)4)11(6-13)14-7-10/h5,7H,1-4H3. The molecule has 18 heavy (non-hydrogen) atoms. The van der Waals surface area contributed by atoms with Crippen LogP contribution in [0.5, 0.6) is 11.5 Å². The van der Waals surface area contributed by atoms with Gasteiger partial charge in [-0.25, -0.2) is 4.98 Å². The van der Waals surface area contributed by atoms with Crippen LogP contribution in [-0.2, 0) is 0 Å². The summed E-state index contributed by atoms with van der Waals surface area (Å²) in [6.45, 7) is 7.17. The molecule has 0 saturated carbocycles. The van der Waals surface area contributed by atoms with Gasteiger partial charge in [-0.15, -0.1) is 0 Å².